The van der Waals surface area contributed by atoms with Gasteiger partial charge in [-0.25, -0.2) is 15.5 Å². The van der Waals surface area contributed by atoms with Crippen molar-refractivity contribution >= 4 is 5.69 Å². The van der Waals surface area contributed by atoms with Crippen LogP contribution < -0.4 is 11.0 Å². The van der Waals surface area contributed by atoms with Crippen LogP contribution >= 0.6 is 0 Å². The fourth-order valence-corrected chi connectivity index (χ4v) is 0.632. The van der Waals surface area contributed by atoms with Gasteiger partial charge in [0.25, 0.3) is 0 Å². The molecule has 1 aromatic rings. The van der Waals surface area contributed by atoms with Gasteiger partial charge in [-0.1, -0.05) is 18.2 Å². The highest BCUT2D eigenvalue weighted by molar-refractivity contribution is 5.40. The molecule has 2 N–H and O–H groups in total. The summed E-state index contributed by atoms with van der Waals surface area (Å²) in [6.07, 6.45) is 0. The molecule has 0 saturated heterocycles. The van der Waals surface area contributed by atoms with Crippen LogP contribution in [0.5, 0.6) is 0 Å². The van der Waals surface area contributed by atoms with Gasteiger partial charge in [0.05, 0.1) is 5.69 Å². The fraction of sp³-hybridized carbons (Fsp3) is 0. The maximum atomic E-state index is 9.80. The second-order valence-electron chi connectivity index (χ2n) is 1.86. The average Bonchev–Trinajstić information content (AvgIpc) is 2.03. The predicted octanol–water partition coefficient (Wildman–Crippen LogP) is 0.795. The van der Waals surface area contributed by atoms with Crippen molar-refractivity contribution in [1.82, 2.24) is 5.53 Å². The Hall–Kier alpha value is -1.78. The predicted molar refractivity (Wildman–Crippen MR) is 40.2 cm³/mol. The lowest BCUT2D eigenvalue weighted by Crippen LogP contribution is -2.27. The summed E-state index contributed by atoms with van der Waals surface area (Å²) in [6.45, 7) is 0. The highest BCUT2D eigenvalue weighted by atomic mass is 16.7. The highest BCUT2D eigenvalue weighted by Gasteiger charge is 1.91. The molecular weight excluding hydrogens is 146 g/mol. The van der Waals surface area contributed by atoms with Gasteiger partial charge >= 0.3 is 0 Å². The van der Waals surface area contributed by atoms with E-state index < -0.39 is 5.03 Å². The van der Waals surface area contributed by atoms with Gasteiger partial charge in [0.2, 0.25) is 0 Å². The first-order chi connectivity index (χ1) is 5.29. The van der Waals surface area contributed by atoms with Crippen molar-refractivity contribution in [2.75, 3.05) is 5.43 Å². The molecule has 0 atom stereocenters. The Labute approximate surface area is 63.1 Å². The van der Waals surface area contributed by atoms with Crippen molar-refractivity contribution in [2.45, 2.75) is 0 Å². The molecule has 1 rings (SSSR count). The zero-order valence-corrected chi connectivity index (χ0v) is 5.65. The summed E-state index contributed by atoms with van der Waals surface area (Å²) in [5.74, 6) is 0. The maximum absolute atomic E-state index is 9.80. The third kappa shape index (κ3) is 2.53. The number of hydrazine groups is 2. The van der Waals surface area contributed by atoms with E-state index in [0.29, 0.717) is 5.69 Å². The zero-order valence-electron chi connectivity index (χ0n) is 5.65. The number of anilines is 1. The van der Waals surface area contributed by atoms with Crippen LogP contribution in [-0.4, -0.2) is 5.03 Å². The van der Waals surface area contributed by atoms with Gasteiger partial charge < -0.3 is 0 Å². The Kier molecular flexibility index (Phi) is 2.27. The van der Waals surface area contributed by atoms with Crippen LogP contribution in [0.1, 0.15) is 0 Å². The highest BCUT2D eigenvalue weighted by Crippen LogP contribution is 2.01. The SMILES string of the molecule is O=[N+]([O-])NNc1ccccc1. The van der Waals surface area contributed by atoms with Crippen LogP contribution in [0.2, 0.25) is 0 Å². The summed E-state index contributed by atoms with van der Waals surface area (Å²) in [6, 6.07) is 8.83. The molecule has 0 amide bonds. The first-order valence-electron chi connectivity index (χ1n) is 3.00. The Morgan fingerprint density at radius 3 is 2.45 bits per heavy atom. The number of hydrogen-bond acceptors (Lipinski definition) is 3. The monoisotopic (exact) mass is 153 g/mol. The first kappa shape index (κ1) is 7.33. The minimum atomic E-state index is -0.660. The molecule has 0 aliphatic carbocycles. The molecule has 58 valence electrons. The fourth-order valence-electron chi connectivity index (χ4n) is 0.632. The lowest BCUT2D eigenvalue weighted by molar-refractivity contribution is -0.538. The lowest BCUT2D eigenvalue weighted by atomic mass is 10.3. The third-order valence-corrected chi connectivity index (χ3v) is 1.07. The van der Waals surface area contributed by atoms with Crippen LogP contribution in [0.25, 0.3) is 0 Å². The Morgan fingerprint density at radius 2 is 1.91 bits per heavy atom. The van der Waals surface area contributed by atoms with Crippen molar-refractivity contribution in [3.8, 4) is 0 Å². The maximum Gasteiger partial charge on any atom is 0.178 e. The summed E-state index contributed by atoms with van der Waals surface area (Å²) < 4.78 is 0. The molecule has 0 bridgehead atoms. The number of para-hydroxylation sites is 1. The zero-order chi connectivity index (χ0) is 8.10. The number of rotatable bonds is 3. The topological polar surface area (TPSA) is 67.2 Å². The van der Waals surface area contributed by atoms with Crippen molar-refractivity contribution in [3.63, 3.8) is 0 Å². The van der Waals surface area contributed by atoms with Gasteiger partial charge in [0.15, 0.2) is 5.03 Å². The molecule has 0 unspecified atom stereocenters. The van der Waals surface area contributed by atoms with E-state index in [9.17, 15) is 10.1 Å². The lowest BCUT2D eigenvalue weighted by Gasteiger charge is -1.99. The second-order valence-corrected chi connectivity index (χ2v) is 1.86. The standard InChI is InChI=1S/C6H7N3O2/c10-9(11)8-7-6-4-2-1-3-5-6/h1-5,7-8H. The largest absolute Gasteiger partial charge is 0.248 e. The Morgan fingerprint density at radius 1 is 1.27 bits per heavy atom. The van der Waals surface area contributed by atoms with Gasteiger partial charge in [0.1, 0.15) is 0 Å². The Balaban J connectivity index is 2.45. The van der Waals surface area contributed by atoms with Crippen LogP contribution in [0.15, 0.2) is 30.3 Å². The van der Waals surface area contributed by atoms with E-state index in [1.54, 1.807) is 24.3 Å². The van der Waals surface area contributed by atoms with Gasteiger partial charge in [-0.3, -0.25) is 0 Å². The summed E-state index contributed by atoms with van der Waals surface area (Å²) in [5.41, 5.74) is 4.89. The van der Waals surface area contributed by atoms with Crippen LogP contribution in [-0.2, 0) is 0 Å². The van der Waals surface area contributed by atoms with E-state index in [0.717, 1.165) is 0 Å². The van der Waals surface area contributed by atoms with Gasteiger partial charge in [-0.15, -0.1) is 0 Å². The van der Waals surface area contributed by atoms with Crippen molar-refractivity contribution in [1.29, 1.82) is 0 Å². The molecule has 5 nitrogen and oxygen atoms in total. The molecule has 1 aromatic carbocycles. The van der Waals surface area contributed by atoms with E-state index in [4.69, 9.17) is 0 Å². The summed E-state index contributed by atoms with van der Waals surface area (Å²) >= 11 is 0. The van der Waals surface area contributed by atoms with Crippen LogP contribution in [0, 0.1) is 10.1 Å². The van der Waals surface area contributed by atoms with E-state index in [1.165, 1.54) is 0 Å². The van der Waals surface area contributed by atoms with Gasteiger partial charge in [-0.2, -0.15) is 0 Å². The molecule has 0 saturated carbocycles. The normalized spacial score (nSPS) is 8.73. The first-order valence-corrected chi connectivity index (χ1v) is 3.00. The van der Waals surface area contributed by atoms with E-state index >= 15 is 0 Å². The molecule has 0 spiro atoms. The van der Waals surface area contributed by atoms with E-state index in [1.807, 2.05) is 11.6 Å². The summed E-state index contributed by atoms with van der Waals surface area (Å²) in [7, 11) is 0. The molecule has 0 aliphatic heterocycles. The van der Waals surface area contributed by atoms with Gasteiger partial charge in [-0.05, 0) is 17.7 Å². The molecule has 0 heterocycles. The summed E-state index contributed by atoms with van der Waals surface area (Å²) in [5, 5.41) is 9.14. The Bertz CT molecular complexity index is 237. The molecule has 5 heteroatoms. The number of nitrogens with zero attached hydrogens (tertiary/aromatic N) is 1. The number of benzene rings is 1. The second kappa shape index (κ2) is 3.40. The van der Waals surface area contributed by atoms with E-state index in [-0.39, 0.29) is 0 Å². The number of hydrogen-bond donors (Lipinski definition) is 2. The van der Waals surface area contributed by atoms with Crippen LogP contribution in [0.3, 0.4) is 0 Å². The molecule has 0 radical (unpaired) electrons. The molecule has 0 aromatic heterocycles. The average molecular weight is 153 g/mol. The number of nitrogens with one attached hydrogen (secondary N) is 2. The van der Waals surface area contributed by atoms with Crippen LogP contribution in [0.4, 0.5) is 5.69 Å². The smallest absolute Gasteiger partial charge is 0.178 e. The van der Waals surface area contributed by atoms with Gasteiger partial charge in [0, 0.05) is 0 Å². The molecule has 0 fully saturated rings. The third-order valence-electron chi connectivity index (χ3n) is 1.07. The van der Waals surface area contributed by atoms with Crippen molar-refractivity contribution in [3.05, 3.63) is 40.4 Å². The quantitative estimate of drug-likeness (QED) is 0.497. The van der Waals surface area contributed by atoms with Crippen molar-refractivity contribution < 1.29 is 5.03 Å². The molecular formula is C6H7N3O2. The molecule has 0 aliphatic rings. The minimum Gasteiger partial charge on any atom is -0.248 e. The molecule has 11 heavy (non-hydrogen) atoms. The minimum absolute atomic E-state index is 0.657. The number of nitro groups is 1. The summed E-state index contributed by atoms with van der Waals surface area (Å²) in [4.78, 5) is 9.80. The van der Waals surface area contributed by atoms with E-state index in [2.05, 4.69) is 5.43 Å². The van der Waals surface area contributed by atoms with Crippen molar-refractivity contribution in [2.24, 2.45) is 0 Å².